The Kier molecular flexibility index (Phi) is 6.54. The Balaban J connectivity index is 1.55. The molecule has 3 rings (SSSR count). The molecule has 0 aliphatic rings. The third-order valence-corrected chi connectivity index (χ3v) is 5.77. The number of carbonyl (C=O) groups is 1. The van der Waals surface area contributed by atoms with Crippen LogP contribution in [0.4, 0.5) is 16.5 Å². The van der Waals surface area contributed by atoms with Gasteiger partial charge in [0.25, 0.3) is 0 Å². The largest absolute Gasteiger partial charge is 0.495 e. The lowest BCUT2D eigenvalue weighted by Crippen LogP contribution is -2.14. The Morgan fingerprint density at radius 1 is 1.22 bits per heavy atom. The average molecular weight is 421 g/mol. The molecule has 0 radical (unpaired) electrons. The summed E-state index contributed by atoms with van der Waals surface area (Å²) in [6.07, 6.45) is 0. The van der Waals surface area contributed by atoms with Gasteiger partial charge in [0.2, 0.25) is 11.0 Å². The number of anilines is 3. The Morgan fingerprint density at radius 3 is 2.81 bits per heavy atom. The quantitative estimate of drug-likeness (QED) is 0.525. The zero-order valence-electron chi connectivity index (χ0n) is 14.7. The van der Waals surface area contributed by atoms with Crippen molar-refractivity contribution in [3.8, 4) is 5.75 Å². The summed E-state index contributed by atoms with van der Waals surface area (Å²) in [6.45, 7) is 1.94. The highest BCUT2D eigenvalue weighted by Gasteiger charge is 2.11. The van der Waals surface area contributed by atoms with E-state index in [4.69, 9.17) is 16.3 Å². The van der Waals surface area contributed by atoms with Crippen LogP contribution in [-0.2, 0) is 4.79 Å². The molecule has 1 amide bonds. The van der Waals surface area contributed by atoms with E-state index in [1.807, 2.05) is 43.3 Å². The van der Waals surface area contributed by atoms with Crippen LogP contribution in [0, 0.1) is 6.92 Å². The van der Waals surface area contributed by atoms with E-state index >= 15 is 0 Å². The van der Waals surface area contributed by atoms with Gasteiger partial charge in [-0.1, -0.05) is 52.9 Å². The second-order valence-corrected chi connectivity index (χ2v) is 8.13. The van der Waals surface area contributed by atoms with Gasteiger partial charge >= 0.3 is 0 Å². The van der Waals surface area contributed by atoms with Gasteiger partial charge in [-0.3, -0.25) is 4.79 Å². The van der Waals surface area contributed by atoms with Crippen molar-refractivity contribution >= 4 is 57.1 Å². The lowest BCUT2D eigenvalue weighted by Gasteiger charge is -2.07. The van der Waals surface area contributed by atoms with Gasteiger partial charge in [0.15, 0.2) is 4.34 Å². The highest BCUT2D eigenvalue weighted by Crippen LogP contribution is 2.31. The maximum Gasteiger partial charge on any atom is 0.234 e. The first kappa shape index (κ1) is 19.5. The van der Waals surface area contributed by atoms with Crippen LogP contribution in [0.5, 0.6) is 5.75 Å². The van der Waals surface area contributed by atoms with Gasteiger partial charge in [-0.05, 0) is 36.8 Å². The van der Waals surface area contributed by atoms with E-state index in [-0.39, 0.29) is 11.7 Å². The zero-order valence-corrected chi connectivity index (χ0v) is 17.0. The topological polar surface area (TPSA) is 76.1 Å². The molecule has 0 aliphatic heterocycles. The Morgan fingerprint density at radius 2 is 2.04 bits per heavy atom. The molecule has 3 aromatic rings. The number of carbonyl (C=O) groups excluding carboxylic acids is 1. The second-order valence-electron chi connectivity index (χ2n) is 5.52. The van der Waals surface area contributed by atoms with Gasteiger partial charge in [0, 0.05) is 0 Å². The van der Waals surface area contributed by atoms with Crippen LogP contribution in [0.1, 0.15) is 5.56 Å². The number of methoxy groups -OCH3 is 1. The standard InChI is InChI=1S/C18H17ClN4O2S2/c1-11-7-8-13(12(19)9-11)20-16(24)10-26-18-23-22-17(27-18)21-14-5-3-4-6-15(14)25-2/h3-9H,10H2,1-2H3,(H,20,24)(H,21,22). The van der Waals surface area contributed by atoms with Crippen LogP contribution in [0.25, 0.3) is 0 Å². The first-order valence-corrected chi connectivity index (χ1v) is 10.2. The summed E-state index contributed by atoms with van der Waals surface area (Å²) in [5.41, 5.74) is 2.44. The molecule has 0 fully saturated rings. The number of hydrogen-bond acceptors (Lipinski definition) is 7. The fourth-order valence-corrected chi connectivity index (χ4v) is 4.06. The normalized spacial score (nSPS) is 10.5. The molecule has 1 heterocycles. The smallest absolute Gasteiger partial charge is 0.234 e. The van der Waals surface area contributed by atoms with Crippen LogP contribution in [0.15, 0.2) is 46.8 Å². The fourth-order valence-electron chi connectivity index (χ4n) is 2.22. The van der Waals surface area contributed by atoms with Crippen molar-refractivity contribution in [3.63, 3.8) is 0 Å². The number of aryl methyl sites for hydroxylation is 1. The Hall–Kier alpha value is -2.29. The van der Waals surface area contributed by atoms with Crippen LogP contribution < -0.4 is 15.4 Å². The van der Waals surface area contributed by atoms with Gasteiger partial charge in [-0.15, -0.1) is 10.2 Å². The highest BCUT2D eigenvalue weighted by atomic mass is 35.5. The van der Waals surface area contributed by atoms with E-state index in [1.165, 1.54) is 23.1 Å². The molecule has 140 valence electrons. The number of nitrogens with one attached hydrogen (secondary N) is 2. The number of thioether (sulfide) groups is 1. The molecule has 2 N–H and O–H groups in total. The molecule has 1 aromatic heterocycles. The Labute approximate surface area is 170 Å². The van der Waals surface area contributed by atoms with E-state index in [0.29, 0.717) is 20.2 Å². The molecular weight excluding hydrogens is 404 g/mol. The molecule has 0 atom stereocenters. The van der Waals surface area contributed by atoms with Gasteiger partial charge in [0.1, 0.15) is 5.75 Å². The van der Waals surface area contributed by atoms with E-state index in [2.05, 4.69) is 20.8 Å². The van der Waals surface area contributed by atoms with E-state index in [1.54, 1.807) is 13.2 Å². The molecule has 0 unspecified atom stereocenters. The van der Waals surface area contributed by atoms with Gasteiger partial charge in [-0.2, -0.15) is 0 Å². The summed E-state index contributed by atoms with van der Waals surface area (Å²) in [6, 6.07) is 13.1. The number of benzene rings is 2. The molecule has 6 nitrogen and oxygen atoms in total. The molecule has 0 bridgehead atoms. The van der Waals surface area contributed by atoms with Crippen molar-refractivity contribution in [1.29, 1.82) is 0 Å². The molecule has 2 aromatic carbocycles. The summed E-state index contributed by atoms with van der Waals surface area (Å²) in [4.78, 5) is 12.1. The number of para-hydroxylation sites is 2. The summed E-state index contributed by atoms with van der Waals surface area (Å²) in [7, 11) is 1.61. The number of ether oxygens (including phenoxy) is 1. The Bertz CT molecular complexity index is 949. The highest BCUT2D eigenvalue weighted by molar-refractivity contribution is 8.01. The molecule has 0 saturated carbocycles. The predicted octanol–water partition coefficient (Wildman–Crippen LogP) is 4.98. The lowest BCUT2D eigenvalue weighted by atomic mass is 10.2. The molecular formula is C18H17ClN4O2S2. The van der Waals surface area contributed by atoms with Crippen LogP contribution >= 0.6 is 34.7 Å². The van der Waals surface area contributed by atoms with Crippen molar-refractivity contribution in [1.82, 2.24) is 10.2 Å². The van der Waals surface area contributed by atoms with Crippen molar-refractivity contribution in [2.75, 3.05) is 23.5 Å². The fraction of sp³-hybridized carbons (Fsp3) is 0.167. The molecule has 0 saturated heterocycles. The number of amides is 1. The van der Waals surface area contributed by atoms with Crippen molar-refractivity contribution < 1.29 is 9.53 Å². The average Bonchev–Trinajstić information content (AvgIpc) is 3.10. The summed E-state index contributed by atoms with van der Waals surface area (Å²) < 4.78 is 5.99. The minimum Gasteiger partial charge on any atom is -0.495 e. The van der Waals surface area contributed by atoms with Crippen molar-refractivity contribution in [2.45, 2.75) is 11.3 Å². The maximum absolute atomic E-state index is 12.1. The summed E-state index contributed by atoms with van der Waals surface area (Å²) in [5, 5.41) is 15.3. The van der Waals surface area contributed by atoms with Gasteiger partial charge in [0.05, 0.1) is 29.3 Å². The van der Waals surface area contributed by atoms with E-state index < -0.39 is 0 Å². The predicted molar refractivity (Wildman–Crippen MR) is 112 cm³/mol. The second kappa shape index (κ2) is 9.07. The minimum atomic E-state index is -0.153. The number of nitrogens with zero attached hydrogens (tertiary/aromatic N) is 2. The first-order chi connectivity index (χ1) is 13.0. The van der Waals surface area contributed by atoms with Crippen LogP contribution in [0.2, 0.25) is 5.02 Å². The number of hydrogen-bond donors (Lipinski definition) is 2. The lowest BCUT2D eigenvalue weighted by molar-refractivity contribution is -0.113. The summed E-state index contributed by atoms with van der Waals surface area (Å²) in [5.74, 6) is 0.782. The molecule has 9 heteroatoms. The summed E-state index contributed by atoms with van der Waals surface area (Å²) >= 11 is 8.82. The maximum atomic E-state index is 12.1. The third kappa shape index (κ3) is 5.35. The van der Waals surface area contributed by atoms with Crippen molar-refractivity contribution in [3.05, 3.63) is 53.1 Å². The monoisotopic (exact) mass is 420 g/mol. The molecule has 0 aliphatic carbocycles. The molecule has 0 spiro atoms. The van der Waals surface area contributed by atoms with Crippen LogP contribution in [-0.4, -0.2) is 29.0 Å². The van der Waals surface area contributed by atoms with Gasteiger partial charge in [-0.25, -0.2) is 0 Å². The minimum absolute atomic E-state index is 0.153. The van der Waals surface area contributed by atoms with Crippen LogP contribution in [0.3, 0.4) is 0 Å². The first-order valence-electron chi connectivity index (χ1n) is 7.97. The zero-order chi connectivity index (χ0) is 19.2. The number of aromatic nitrogens is 2. The number of rotatable bonds is 7. The molecule has 27 heavy (non-hydrogen) atoms. The third-order valence-electron chi connectivity index (χ3n) is 3.48. The van der Waals surface area contributed by atoms with Crippen molar-refractivity contribution in [2.24, 2.45) is 0 Å². The van der Waals surface area contributed by atoms with Gasteiger partial charge < -0.3 is 15.4 Å². The van der Waals surface area contributed by atoms with E-state index in [0.717, 1.165) is 17.0 Å². The SMILES string of the molecule is COc1ccccc1Nc1nnc(SCC(=O)Nc2ccc(C)cc2Cl)s1. The van der Waals surface area contributed by atoms with E-state index in [9.17, 15) is 4.79 Å². The number of halogens is 1.